The Labute approximate surface area is 141 Å². The van der Waals surface area contributed by atoms with Gasteiger partial charge in [0, 0.05) is 22.4 Å². The maximum absolute atomic E-state index is 12.6. The van der Waals surface area contributed by atoms with Crippen LogP contribution in [0, 0.1) is 0 Å². The summed E-state index contributed by atoms with van der Waals surface area (Å²) in [6.07, 6.45) is 4.48. The number of amides is 1. The molecule has 1 aliphatic carbocycles. The number of ether oxygens (including phenoxy) is 1. The Bertz CT molecular complexity index is 553. The summed E-state index contributed by atoms with van der Waals surface area (Å²) < 4.78 is 18.3. The summed E-state index contributed by atoms with van der Waals surface area (Å²) in [5, 5.41) is 2.52. The average Bonchev–Trinajstić information content (AvgIpc) is 3.00. The third-order valence-electron chi connectivity index (χ3n) is 4.10. The summed E-state index contributed by atoms with van der Waals surface area (Å²) in [5.74, 6) is 0.985. The smallest absolute Gasteiger partial charge is 0.235 e. The van der Waals surface area contributed by atoms with Gasteiger partial charge in [-0.05, 0) is 39.7 Å². The summed E-state index contributed by atoms with van der Waals surface area (Å²) >= 11 is 0. The Hall–Kier alpha value is -1.36. The Balaban J connectivity index is 1.96. The van der Waals surface area contributed by atoms with E-state index < -0.39 is 16.0 Å². The van der Waals surface area contributed by atoms with Gasteiger partial charge in [0.25, 0.3) is 0 Å². The maximum Gasteiger partial charge on any atom is 0.235 e. The molecule has 23 heavy (non-hydrogen) atoms. The van der Waals surface area contributed by atoms with Crippen LogP contribution in [-0.2, 0) is 21.3 Å². The molecule has 1 amide bonds. The molecule has 0 aromatic heterocycles. The zero-order chi connectivity index (χ0) is 16.8. The molecule has 1 saturated carbocycles. The lowest BCUT2D eigenvalue weighted by molar-refractivity contribution is -0.121. The van der Waals surface area contributed by atoms with Crippen LogP contribution in [0.15, 0.2) is 24.3 Å². The van der Waals surface area contributed by atoms with Crippen LogP contribution in [0.25, 0.3) is 0 Å². The van der Waals surface area contributed by atoms with Crippen LogP contribution in [0.2, 0.25) is 0 Å². The number of carbonyl (C=O) groups is 1. The van der Waals surface area contributed by atoms with Gasteiger partial charge in [-0.25, -0.2) is 0 Å². The molecule has 0 aliphatic heterocycles. The van der Waals surface area contributed by atoms with E-state index in [9.17, 15) is 9.00 Å². The molecule has 0 radical (unpaired) electrons. The van der Waals surface area contributed by atoms with Crippen LogP contribution in [0.1, 0.15) is 52.0 Å². The minimum absolute atomic E-state index is 0.0627. The third-order valence-corrected chi connectivity index (χ3v) is 5.70. The van der Waals surface area contributed by atoms with Crippen LogP contribution in [0.5, 0.6) is 5.75 Å². The molecule has 1 aliphatic rings. The third kappa shape index (κ3) is 5.34. The molecule has 4 nitrogen and oxygen atoms in total. The topological polar surface area (TPSA) is 55.4 Å². The van der Waals surface area contributed by atoms with Crippen molar-refractivity contribution in [3.05, 3.63) is 29.8 Å². The molecule has 1 fully saturated rings. The molecule has 1 aromatic carbocycles. The summed E-state index contributed by atoms with van der Waals surface area (Å²) in [7, 11) is -1.26. The van der Waals surface area contributed by atoms with Gasteiger partial charge in [-0.2, -0.15) is 0 Å². The Kier molecular flexibility index (Phi) is 6.63. The summed E-state index contributed by atoms with van der Waals surface area (Å²) in [6.45, 7) is 5.67. The zero-order valence-electron chi connectivity index (χ0n) is 14.2. The highest BCUT2D eigenvalue weighted by molar-refractivity contribution is 7.85. The van der Waals surface area contributed by atoms with Crippen LogP contribution in [0.4, 0.5) is 0 Å². The second kappa shape index (κ2) is 8.48. The largest absolute Gasteiger partial charge is 0.491 e. The number of nitrogens with one attached hydrogen (secondary N) is 1. The van der Waals surface area contributed by atoms with Crippen LogP contribution < -0.4 is 10.1 Å². The summed E-state index contributed by atoms with van der Waals surface area (Å²) in [4.78, 5) is 12.3. The van der Waals surface area contributed by atoms with E-state index in [2.05, 4.69) is 5.32 Å². The van der Waals surface area contributed by atoms with Crippen molar-refractivity contribution in [3.8, 4) is 5.75 Å². The molecule has 0 saturated heterocycles. The van der Waals surface area contributed by atoms with Gasteiger partial charge < -0.3 is 10.1 Å². The van der Waals surface area contributed by atoms with Gasteiger partial charge >= 0.3 is 0 Å². The van der Waals surface area contributed by atoms with E-state index in [0.29, 0.717) is 5.75 Å². The van der Waals surface area contributed by atoms with E-state index in [-0.39, 0.29) is 18.1 Å². The molecule has 0 heterocycles. The molecule has 2 rings (SSSR count). The van der Waals surface area contributed by atoms with Gasteiger partial charge in [0.15, 0.2) is 0 Å². The van der Waals surface area contributed by atoms with Crippen molar-refractivity contribution in [2.45, 2.75) is 69.6 Å². The van der Waals surface area contributed by atoms with Crippen LogP contribution in [0.3, 0.4) is 0 Å². The van der Waals surface area contributed by atoms with E-state index in [1.807, 2.05) is 38.1 Å². The van der Waals surface area contributed by atoms with E-state index in [1.54, 1.807) is 6.92 Å². The predicted octanol–water partition coefficient (Wildman–Crippen LogP) is 3.17. The fourth-order valence-corrected chi connectivity index (χ4v) is 3.88. The summed E-state index contributed by atoms with van der Waals surface area (Å²) in [6, 6.07) is 7.87. The lowest BCUT2D eigenvalue weighted by Crippen LogP contribution is -2.40. The molecule has 1 aromatic rings. The van der Waals surface area contributed by atoms with Gasteiger partial charge in [0.1, 0.15) is 11.0 Å². The van der Waals surface area contributed by atoms with E-state index in [0.717, 1.165) is 24.2 Å². The Morgan fingerprint density at radius 2 is 1.91 bits per heavy atom. The molecule has 0 bridgehead atoms. The van der Waals surface area contributed by atoms with E-state index in [4.69, 9.17) is 4.74 Å². The van der Waals surface area contributed by atoms with Gasteiger partial charge in [0.2, 0.25) is 5.91 Å². The summed E-state index contributed by atoms with van der Waals surface area (Å²) in [5.41, 5.74) is 0.889. The number of hydrogen-bond donors (Lipinski definition) is 1. The molecule has 0 spiro atoms. The second-order valence-corrected chi connectivity index (χ2v) is 8.19. The Morgan fingerprint density at radius 1 is 1.26 bits per heavy atom. The molecule has 2 atom stereocenters. The van der Waals surface area contributed by atoms with Crippen LogP contribution in [-0.4, -0.2) is 27.5 Å². The normalized spacial score (nSPS) is 17.9. The lowest BCUT2D eigenvalue weighted by atomic mass is 10.2. The van der Waals surface area contributed by atoms with Crippen LogP contribution >= 0.6 is 0 Å². The highest BCUT2D eigenvalue weighted by Crippen LogP contribution is 2.22. The van der Waals surface area contributed by atoms with Crippen molar-refractivity contribution in [1.29, 1.82) is 0 Å². The average molecular weight is 337 g/mol. The van der Waals surface area contributed by atoms with Crippen molar-refractivity contribution in [3.63, 3.8) is 0 Å². The van der Waals surface area contributed by atoms with Gasteiger partial charge in [-0.15, -0.1) is 0 Å². The minimum Gasteiger partial charge on any atom is -0.491 e. The van der Waals surface area contributed by atoms with Crippen molar-refractivity contribution >= 4 is 16.7 Å². The molecule has 5 heteroatoms. The first kappa shape index (κ1) is 18.0. The fourth-order valence-electron chi connectivity index (χ4n) is 2.78. The van der Waals surface area contributed by atoms with E-state index in [1.165, 1.54) is 12.8 Å². The van der Waals surface area contributed by atoms with Gasteiger partial charge in [-0.1, -0.05) is 31.0 Å². The zero-order valence-corrected chi connectivity index (χ0v) is 15.0. The first-order valence-electron chi connectivity index (χ1n) is 8.39. The SMILES string of the molecule is CC(C)Oc1ccccc1CS(=O)C(C)C(=O)NC1CCCC1. The highest BCUT2D eigenvalue weighted by atomic mass is 32.2. The number of rotatable bonds is 7. The monoisotopic (exact) mass is 337 g/mol. The molecule has 1 N–H and O–H groups in total. The minimum atomic E-state index is -1.26. The number of para-hydroxylation sites is 1. The molecule has 128 valence electrons. The quantitative estimate of drug-likeness (QED) is 0.831. The second-order valence-electron chi connectivity index (χ2n) is 6.43. The highest BCUT2D eigenvalue weighted by Gasteiger charge is 2.25. The lowest BCUT2D eigenvalue weighted by Gasteiger charge is -2.18. The number of hydrogen-bond acceptors (Lipinski definition) is 3. The van der Waals surface area contributed by atoms with Crippen molar-refractivity contribution < 1.29 is 13.7 Å². The maximum atomic E-state index is 12.6. The fraction of sp³-hybridized carbons (Fsp3) is 0.611. The number of carbonyl (C=O) groups excluding carboxylic acids is 1. The van der Waals surface area contributed by atoms with Gasteiger partial charge in [-0.3, -0.25) is 9.00 Å². The van der Waals surface area contributed by atoms with E-state index >= 15 is 0 Å². The molecular weight excluding hydrogens is 310 g/mol. The predicted molar refractivity (Wildman–Crippen MR) is 93.9 cm³/mol. The van der Waals surface area contributed by atoms with Crippen molar-refractivity contribution in [1.82, 2.24) is 5.32 Å². The standard InChI is InChI=1S/C18H27NO3S/c1-13(2)22-17-11-7-4-8-15(17)12-23(21)14(3)18(20)19-16-9-5-6-10-16/h4,7-8,11,13-14,16H,5-6,9-10,12H2,1-3H3,(H,19,20). The first-order valence-corrected chi connectivity index (χ1v) is 9.77. The number of benzene rings is 1. The van der Waals surface area contributed by atoms with Crippen molar-refractivity contribution in [2.24, 2.45) is 0 Å². The van der Waals surface area contributed by atoms with Crippen molar-refractivity contribution in [2.75, 3.05) is 0 Å². The Morgan fingerprint density at radius 3 is 2.57 bits per heavy atom. The first-order chi connectivity index (χ1) is 11.0. The van der Waals surface area contributed by atoms with Gasteiger partial charge in [0.05, 0.1) is 11.9 Å². The molecular formula is C18H27NO3S. The molecule has 2 unspecified atom stereocenters.